The third-order valence-electron chi connectivity index (χ3n) is 6.83. The number of alkyl halides is 3. The Morgan fingerprint density at radius 2 is 1.69 bits per heavy atom. The highest BCUT2D eigenvalue weighted by atomic mass is 32.2. The molecular formula is C24H24F3N5O2S. The average molecular weight is 504 g/mol. The highest BCUT2D eigenvalue weighted by Gasteiger charge is 2.39. The number of benzene rings is 1. The molecule has 0 atom stereocenters. The molecule has 3 aromatic heterocycles. The highest BCUT2D eigenvalue weighted by Crippen LogP contribution is 2.47. The molecule has 11 heteroatoms. The summed E-state index contributed by atoms with van der Waals surface area (Å²) in [5.41, 5.74) is 1.57. The summed E-state index contributed by atoms with van der Waals surface area (Å²) in [5.74, 6) is 0.415. The van der Waals surface area contributed by atoms with Crippen LogP contribution in [0, 0.1) is 0 Å². The van der Waals surface area contributed by atoms with E-state index in [1.165, 1.54) is 21.6 Å². The summed E-state index contributed by atoms with van der Waals surface area (Å²) in [7, 11) is -0.530. The molecule has 0 saturated heterocycles. The van der Waals surface area contributed by atoms with Crippen LogP contribution in [-0.2, 0) is 35.5 Å². The van der Waals surface area contributed by atoms with E-state index in [2.05, 4.69) is 21.9 Å². The van der Waals surface area contributed by atoms with Crippen LogP contribution < -0.4 is 0 Å². The van der Waals surface area contributed by atoms with Crippen LogP contribution in [-0.4, -0.2) is 38.3 Å². The summed E-state index contributed by atoms with van der Waals surface area (Å²) in [6.45, 7) is 3.74. The number of aryl methyl sites for hydroxylation is 1. The van der Waals surface area contributed by atoms with E-state index in [9.17, 15) is 21.6 Å². The van der Waals surface area contributed by atoms with Crippen molar-refractivity contribution in [3.8, 4) is 22.9 Å². The van der Waals surface area contributed by atoms with Gasteiger partial charge < -0.3 is 9.13 Å². The van der Waals surface area contributed by atoms with Crippen molar-refractivity contribution in [1.82, 2.24) is 24.1 Å². The molecule has 1 fully saturated rings. The molecular weight excluding hydrogens is 479 g/mol. The zero-order valence-electron chi connectivity index (χ0n) is 19.7. The fraction of sp³-hybridized carbons (Fsp3) is 0.375. The summed E-state index contributed by atoms with van der Waals surface area (Å²) in [6, 6.07) is 8.76. The maximum atomic E-state index is 13.2. The van der Waals surface area contributed by atoms with Crippen molar-refractivity contribution in [2.45, 2.75) is 43.3 Å². The Balaban J connectivity index is 1.70. The fourth-order valence-corrected chi connectivity index (χ4v) is 5.54. The van der Waals surface area contributed by atoms with Crippen LogP contribution >= 0.6 is 0 Å². The Bertz CT molecular complexity index is 1560. The Kier molecular flexibility index (Phi) is 5.14. The van der Waals surface area contributed by atoms with Crippen LogP contribution in [0.5, 0.6) is 0 Å². The molecule has 1 saturated carbocycles. The lowest BCUT2D eigenvalue weighted by Gasteiger charge is -2.10. The monoisotopic (exact) mass is 503 g/mol. The molecule has 35 heavy (non-hydrogen) atoms. The molecule has 184 valence electrons. The van der Waals surface area contributed by atoms with Crippen LogP contribution in [0.1, 0.15) is 37.9 Å². The van der Waals surface area contributed by atoms with Gasteiger partial charge in [0.1, 0.15) is 17.2 Å². The van der Waals surface area contributed by atoms with E-state index in [0.717, 1.165) is 30.7 Å². The molecule has 5 rings (SSSR count). The van der Waals surface area contributed by atoms with Crippen molar-refractivity contribution in [2.75, 3.05) is 5.75 Å². The summed E-state index contributed by atoms with van der Waals surface area (Å²) in [5, 5.41) is -0.0318. The van der Waals surface area contributed by atoms with Crippen molar-refractivity contribution in [3.63, 3.8) is 0 Å². The number of nitrogens with zero attached hydrogens (tertiary/aromatic N) is 5. The zero-order chi connectivity index (χ0) is 25.3. The number of pyridine rings is 1. The van der Waals surface area contributed by atoms with Gasteiger partial charge in [0.2, 0.25) is 0 Å². The standard InChI is InChI=1S/C24H24F3N5O2S/c1-5-35(33,34)22-19(21-29-16-12-18(24(25,26)27)28-13-17(16)31(21)3)30-20(32(22)4)14-6-8-15(9-7-14)23(2)10-11-23/h6-9,12-13H,5,10-11H2,1-4H3. The second-order valence-electron chi connectivity index (χ2n) is 9.24. The Hall–Kier alpha value is -3.21. The van der Waals surface area contributed by atoms with Crippen molar-refractivity contribution >= 4 is 20.9 Å². The Labute approximate surface area is 200 Å². The van der Waals surface area contributed by atoms with Crippen LogP contribution in [0.3, 0.4) is 0 Å². The minimum Gasteiger partial charge on any atom is -0.324 e. The van der Waals surface area contributed by atoms with Gasteiger partial charge in [-0.15, -0.1) is 0 Å². The minimum absolute atomic E-state index is 0.0318. The summed E-state index contributed by atoms with van der Waals surface area (Å²) in [6.07, 6.45) is -1.26. The molecule has 7 nitrogen and oxygen atoms in total. The summed E-state index contributed by atoms with van der Waals surface area (Å²) >= 11 is 0. The number of sulfone groups is 1. The number of imidazole rings is 2. The minimum atomic E-state index is -4.62. The lowest BCUT2D eigenvalue weighted by atomic mass is 9.97. The van der Waals surface area contributed by atoms with Gasteiger partial charge in [-0.3, -0.25) is 0 Å². The first-order valence-corrected chi connectivity index (χ1v) is 12.8. The Morgan fingerprint density at radius 1 is 1.03 bits per heavy atom. The molecule has 4 aromatic rings. The number of hydrogen-bond donors (Lipinski definition) is 0. The van der Waals surface area contributed by atoms with Gasteiger partial charge in [-0.1, -0.05) is 38.1 Å². The van der Waals surface area contributed by atoms with E-state index in [1.807, 2.05) is 24.3 Å². The van der Waals surface area contributed by atoms with E-state index in [0.29, 0.717) is 11.3 Å². The first kappa shape index (κ1) is 23.5. The molecule has 1 aliphatic rings. The van der Waals surface area contributed by atoms with Gasteiger partial charge in [-0.2, -0.15) is 13.2 Å². The largest absolute Gasteiger partial charge is 0.433 e. The van der Waals surface area contributed by atoms with Gasteiger partial charge in [0.05, 0.1) is 23.0 Å². The lowest BCUT2D eigenvalue weighted by Crippen LogP contribution is -2.11. The average Bonchev–Trinajstić information content (AvgIpc) is 3.34. The molecule has 0 spiro atoms. The third kappa shape index (κ3) is 3.81. The van der Waals surface area contributed by atoms with E-state index in [4.69, 9.17) is 0 Å². The van der Waals surface area contributed by atoms with Crippen molar-refractivity contribution in [3.05, 3.63) is 47.8 Å². The molecule has 0 N–H and O–H groups in total. The predicted octanol–water partition coefficient (Wildman–Crippen LogP) is 4.90. The quantitative estimate of drug-likeness (QED) is 0.387. The lowest BCUT2D eigenvalue weighted by molar-refractivity contribution is -0.141. The van der Waals surface area contributed by atoms with E-state index in [-0.39, 0.29) is 33.2 Å². The highest BCUT2D eigenvalue weighted by molar-refractivity contribution is 7.91. The normalized spacial score (nSPS) is 15.6. The van der Waals surface area contributed by atoms with E-state index in [1.54, 1.807) is 14.1 Å². The van der Waals surface area contributed by atoms with Crippen LogP contribution in [0.4, 0.5) is 13.2 Å². The fourth-order valence-electron chi connectivity index (χ4n) is 4.33. The number of aromatic nitrogens is 5. The number of halogens is 3. The van der Waals surface area contributed by atoms with Crippen molar-refractivity contribution in [1.29, 1.82) is 0 Å². The van der Waals surface area contributed by atoms with Crippen LogP contribution in [0.2, 0.25) is 0 Å². The predicted molar refractivity (Wildman–Crippen MR) is 125 cm³/mol. The van der Waals surface area contributed by atoms with Gasteiger partial charge in [0.25, 0.3) is 0 Å². The summed E-state index contributed by atoms with van der Waals surface area (Å²) < 4.78 is 68.8. The van der Waals surface area contributed by atoms with Gasteiger partial charge in [0.15, 0.2) is 20.7 Å². The van der Waals surface area contributed by atoms with Gasteiger partial charge in [-0.05, 0) is 29.9 Å². The molecule has 1 aromatic carbocycles. The first-order chi connectivity index (χ1) is 16.4. The van der Waals surface area contributed by atoms with E-state index < -0.39 is 21.7 Å². The van der Waals surface area contributed by atoms with Gasteiger partial charge >= 0.3 is 6.18 Å². The van der Waals surface area contributed by atoms with Gasteiger partial charge in [-0.25, -0.2) is 23.4 Å². The first-order valence-electron chi connectivity index (χ1n) is 11.2. The Morgan fingerprint density at radius 3 is 2.26 bits per heavy atom. The number of fused-ring (bicyclic) bond motifs is 1. The number of hydrogen-bond acceptors (Lipinski definition) is 5. The molecule has 3 heterocycles. The van der Waals surface area contributed by atoms with Crippen LogP contribution in [0.15, 0.2) is 41.6 Å². The van der Waals surface area contributed by atoms with Gasteiger partial charge in [0, 0.05) is 19.7 Å². The zero-order valence-corrected chi connectivity index (χ0v) is 20.5. The molecule has 0 unspecified atom stereocenters. The molecule has 0 radical (unpaired) electrons. The van der Waals surface area contributed by atoms with Crippen molar-refractivity contribution in [2.24, 2.45) is 14.1 Å². The topological polar surface area (TPSA) is 82.7 Å². The maximum absolute atomic E-state index is 13.2. The SMILES string of the molecule is CCS(=O)(=O)c1c(-c2nc3cc(C(F)(F)F)ncc3n2C)nc(-c2ccc(C3(C)CC3)cc2)n1C. The third-order valence-corrected chi connectivity index (χ3v) is 8.64. The molecule has 0 amide bonds. The second-order valence-corrected chi connectivity index (χ2v) is 11.4. The molecule has 0 aliphatic heterocycles. The van der Waals surface area contributed by atoms with Crippen LogP contribution in [0.25, 0.3) is 33.9 Å². The smallest absolute Gasteiger partial charge is 0.324 e. The second kappa shape index (κ2) is 7.64. The number of rotatable bonds is 5. The maximum Gasteiger partial charge on any atom is 0.433 e. The molecule has 1 aliphatic carbocycles. The van der Waals surface area contributed by atoms with E-state index >= 15 is 0 Å². The molecule has 0 bridgehead atoms. The summed E-state index contributed by atoms with van der Waals surface area (Å²) in [4.78, 5) is 12.5. The van der Waals surface area contributed by atoms with Crippen molar-refractivity contribution < 1.29 is 21.6 Å².